The largest absolute Gasteiger partial charge is 0.254 e. The molecule has 0 aliphatic rings. The topological polar surface area (TPSA) is 25.8 Å². The molecule has 2 aromatic heterocycles. The second-order valence-electron chi connectivity index (χ2n) is 5.69. The maximum Gasteiger partial charge on any atom is 0.0964 e. The number of pyridine rings is 2. The fourth-order valence-electron chi connectivity index (χ4n) is 2.15. The predicted octanol–water partition coefficient (Wildman–Crippen LogP) is 7.16. The summed E-state index contributed by atoms with van der Waals surface area (Å²) in [6.07, 6.45) is 3.79. The standard InChI is InChI=1S/C16H16N2.3C2H6/c1-16(2,3)13-9-12-7-6-11-5-4-8-17-14(11)15(12)18-10-13;3*1-2/h4-10H,1-3H3;3*1-2H3. The van der Waals surface area contributed by atoms with Gasteiger partial charge in [-0.3, -0.25) is 9.97 Å². The molecule has 3 rings (SSSR count). The van der Waals surface area contributed by atoms with Crippen molar-refractivity contribution in [2.45, 2.75) is 67.7 Å². The van der Waals surface area contributed by atoms with Crippen molar-refractivity contribution in [2.24, 2.45) is 0 Å². The summed E-state index contributed by atoms with van der Waals surface area (Å²) in [4.78, 5) is 9.05. The van der Waals surface area contributed by atoms with Crippen LogP contribution >= 0.6 is 0 Å². The van der Waals surface area contributed by atoms with Crippen LogP contribution < -0.4 is 0 Å². The molecule has 0 radical (unpaired) electrons. The molecule has 24 heavy (non-hydrogen) atoms. The van der Waals surface area contributed by atoms with E-state index >= 15 is 0 Å². The Labute approximate surface area is 148 Å². The van der Waals surface area contributed by atoms with E-state index < -0.39 is 0 Å². The second kappa shape index (κ2) is 10.7. The first-order chi connectivity index (χ1) is 11.6. The van der Waals surface area contributed by atoms with Crippen molar-refractivity contribution in [1.82, 2.24) is 9.97 Å². The molecule has 0 amide bonds. The molecule has 0 saturated carbocycles. The molecule has 1 aromatic carbocycles. The zero-order chi connectivity index (χ0) is 18.8. The van der Waals surface area contributed by atoms with Crippen molar-refractivity contribution >= 4 is 21.8 Å². The Morgan fingerprint density at radius 3 is 1.83 bits per heavy atom. The van der Waals surface area contributed by atoms with Gasteiger partial charge in [0.1, 0.15) is 0 Å². The first kappa shape index (κ1) is 22.0. The van der Waals surface area contributed by atoms with E-state index in [1.54, 1.807) is 0 Å². The van der Waals surface area contributed by atoms with E-state index in [2.05, 4.69) is 55.0 Å². The molecule has 0 fully saturated rings. The molecular weight excluding hydrogens is 292 g/mol. The van der Waals surface area contributed by atoms with E-state index in [4.69, 9.17) is 0 Å². The van der Waals surface area contributed by atoms with Crippen molar-refractivity contribution in [3.63, 3.8) is 0 Å². The van der Waals surface area contributed by atoms with Crippen molar-refractivity contribution in [3.8, 4) is 0 Å². The average molecular weight is 327 g/mol. The van der Waals surface area contributed by atoms with E-state index in [0.29, 0.717) is 0 Å². The number of rotatable bonds is 0. The van der Waals surface area contributed by atoms with E-state index in [1.807, 2.05) is 60.0 Å². The van der Waals surface area contributed by atoms with Gasteiger partial charge in [-0.2, -0.15) is 0 Å². The SMILES string of the molecule is CC.CC.CC.CC(C)(C)c1cnc2c(ccc3cccnc32)c1. The van der Waals surface area contributed by atoms with Gasteiger partial charge in [0, 0.05) is 23.2 Å². The van der Waals surface area contributed by atoms with Crippen LogP contribution in [0.2, 0.25) is 0 Å². The summed E-state index contributed by atoms with van der Waals surface area (Å²) in [6.45, 7) is 18.6. The fourth-order valence-corrected chi connectivity index (χ4v) is 2.15. The van der Waals surface area contributed by atoms with Crippen LogP contribution in [0.5, 0.6) is 0 Å². The lowest BCUT2D eigenvalue weighted by atomic mass is 9.87. The second-order valence-corrected chi connectivity index (χ2v) is 5.69. The molecule has 0 spiro atoms. The summed E-state index contributed by atoms with van der Waals surface area (Å²) in [5.74, 6) is 0. The van der Waals surface area contributed by atoms with Gasteiger partial charge in [0.2, 0.25) is 0 Å². The Hall–Kier alpha value is -1.96. The van der Waals surface area contributed by atoms with Crippen LogP contribution in [0.3, 0.4) is 0 Å². The quantitative estimate of drug-likeness (QED) is 0.409. The van der Waals surface area contributed by atoms with Gasteiger partial charge in [-0.15, -0.1) is 0 Å². The van der Waals surface area contributed by atoms with Crippen molar-refractivity contribution < 1.29 is 0 Å². The third kappa shape index (κ3) is 5.30. The highest BCUT2D eigenvalue weighted by atomic mass is 14.7. The highest BCUT2D eigenvalue weighted by molar-refractivity contribution is 6.02. The normalized spacial score (nSPS) is 9.88. The first-order valence-electron chi connectivity index (χ1n) is 9.20. The van der Waals surface area contributed by atoms with Gasteiger partial charge >= 0.3 is 0 Å². The number of nitrogens with zero attached hydrogens (tertiary/aromatic N) is 2. The van der Waals surface area contributed by atoms with Gasteiger partial charge in [-0.05, 0) is 23.1 Å². The molecule has 0 atom stereocenters. The van der Waals surface area contributed by atoms with Crippen LogP contribution in [-0.2, 0) is 5.41 Å². The van der Waals surface area contributed by atoms with Gasteiger partial charge in [-0.25, -0.2) is 0 Å². The number of hydrogen-bond acceptors (Lipinski definition) is 2. The summed E-state index contributed by atoms with van der Waals surface area (Å²) in [5, 5.41) is 2.30. The molecule has 2 nitrogen and oxygen atoms in total. The Kier molecular flexibility index (Phi) is 9.87. The molecule has 0 unspecified atom stereocenters. The minimum Gasteiger partial charge on any atom is -0.254 e. The number of fused-ring (bicyclic) bond motifs is 3. The summed E-state index contributed by atoms with van der Waals surface area (Å²) in [6, 6.07) is 10.5. The Balaban J connectivity index is 0.000000798. The highest BCUT2D eigenvalue weighted by Gasteiger charge is 2.15. The molecule has 0 saturated heterocycles. The van der Waals surface area contributed by atoms with Gasteiger partial charge in [0.15, 0.2) is 0 Å². The van der Waals surface area contributed by atoms with E-state index in [-0.39, 0.29) is 5.41 Å². The number of aromatic nitrogens is 2. The minimum atomic E-state index is 0.125. The monoisotopic (exact) mass is 326 g/mol. The van der Waals surface area contributed by atoms with Gasteiger partial charge < -0.3 is 0 Å². The van der Waals surface area contributed by atoms with Crippen LogP contribution in [0.1, 0.15) is 67.9 Å². The molecule has 0 aliphatic carbocycles. The van der Waals surface area contributed by atoms with E-state index in [9.17, 15) is 0 Å². The molecule has 0 N–H and O–H groups in total. The first-order valence-corrected chi connectivity index (χ1v) is 9.20. The number of benzene rings is 1. The minimum absolute atomic E-state index is 0.125. The Bertz CT molecular complexity index is 725. The van der Waals surface area contributed by atoms with Gasteiger partial charge in [0.25, 0.3) is 0 Å². The van der Waals surface area contributed by atoms with Crippen molar-refractivity contribution in [2.75, 3.05) is 0 Å². The number of hydrogen-bond donors (Lipinski definition) is 0. The molecule has 2 heterocycles. The summed E-state index contributed by atoms with van der Waals surface area (Å²) in [5.41, 5.74) is 3.35. The summed E-state index contributed by atoms with van der Waals surface area (Å²) in [7, 11) is 0. The Morgan fingerprint density at radius 2 is 1.25 bits per heavy atom. The fraction of sp³-hybridized carbons (Fsp3) is 0.455. The summed E-state index contributed by atoms with van der Waals surface area (Å²) < 4.78 is 0. The van der Waals surface area contributed by atoms with Crippen molar-refractivity contribution in [1.29, 1.82) is 0 Å². The predicted molar refractivity (Wildman–Crippen MR) is 110 cm³/mol. The average Bonchev–Trinajstić information content (AvgIpc) is 2.65. The van der Waals surface area contributed by atoms with E-state index in [0.717, 1.165) is 21.8 Å². The summed E-state index contributed by atoms with van der Waals surface area (Å²) >= 11 is 0. The van der Waals surface area contributed by atoms with Gasteiger partial charge in [0.05, 0.1) is 11.0 Å². The smallest absolute Gasteiger partial charge is 0.0964 e. The van der Waals surface area contributed by atoms with Crippen LogP contribution in [0, 0.1) is 0 Å². The zero-order valence-corrected chi connectivity index (χ0v) is 16.9. The van der Waals surface area contributed by atoms with E-state index in [1.165, 1.54) is 5.56 Å². The molecule has 0 aliphatic heterocycles. The molecule has 3 aromatic rings. The van der Waals surface area contributed by atoms with Crippen molar-refractivity contribution in [3.05, 3.63) is 48.3 Å². The Morgan fingerprint density at radius 1 is 0.708 bits per heavy atom. The van der Waals surface area contributed by atoms with Crippen LogP contribution in [-0.4, -0.2) is 9.97 Å². The maximum absolute atomic E-state index is 4.61. The van der Waals surface area contributed by atoms with Gasteiger partial charge in [-0.1, -0.05) is 80.5 Å². The third-order valence-electron chi connectivity index (χ3n) is 3.29. The zero-order valence-electron chi connectivity index (χ0n) is 16.9. The molecule has 0 bridgehead atoms. The lowest BCUT2D eigenvalue weighted by Gasteiger charge is -2.18. The lowest BCUT2D eigenvalue weighted by molar-refractivity contribution is 0.589. The highest BCUT2D eigenvalue weighted by Crippen LogP contribution is 2.27. The molecule has 2 heteroatoms. The van der Waals surface area contributed by atoms with Crippen LogP contribution in [0.15, 0.2) is 42.7 Å². The maximum atomic E-state index is 4.61. The van der Waals surface area contributed by atoms with Crippen LogP contribution in [0.4, 0.5) is 0 Å². The lowest BCUT2D eigenvalue weighted by Crippen LogP contribution is -2.11. The molecule has 132 valence electrons. The van der Waals surface area contributed by atoms with Crippen LogP contribution in [0.25, 0.3) is 21.8 Å². The molecular formula is C22H34N2. The third-order valence-corrected chi connectivity index (χ3v) is 3.29.